The number of aliphatic hydroxyl groups excluding tert-OH is 2. The number of aliphatic hydroxyl groups is 2. The highest BCUT2D eigenvalue weighted by molar-refractivity contribution is 6.00. The molecule has 0 aliphatic rings. The number of carbonyl (C=O) groups excluding carboxylic acids is 11. The Morgan fingerprint density at radius 2 is 1.01 bits per heavy atom. The minimum atomic E-state index is -2.05. The Bertz CT molecular complexity index is 2070. The number of imidazole rings is 1. The van der Waals surface area contributed by atoms with Gasteiger partial charge in [-0.1, -0.05) is 13.8 Å². The molecule has 390 valence electrons. The molecule has 0 spiro atoms. The topological polar surface area (TPSA) is 532 Å². The zero-order valence-corrected chi connectivity index (χ0v) is 38.5. The van der Waals surface area contributed by atoms with Crippen LogP contribution in [0, 0.1) is 5.92 Å². The molecule has 0 aliphatic heterocycles. The third-order valence-corrected chi connectivity index (χ3v) is 9.86. The van der Waals surface area contributed by atoms with Crippen molar-refractivity contribution in [2.45, 2.75) is 133 Å². The summed E-state index contributed by atoms with van der Waals surface area (Å²) in [5, 5.41) is 56.6. The van der Waals surface area contributed by atoms with Gasteiger partial charge in [0, 0.05) is 31.2 Å². The van der Waals surface area contributed by atoms with Crippen LogP contribution in [0.1, 0.15) is 71.9 Å². The molecule has 0 unspecified atom stereocenters. The Kier molecular flexibility index (Phi) is 25.1. The number of nitrogens with two attached hydrogens (primary N) is 4. The van der Waals surface area contributed by atoms with Gasteiger partial charge in [0.25, 0.3) is 0 Å². The Morgan fingerprint density at radius 3 is 1.46 bits per heavy atom. The summed E-state index contributed by atoms with van der Waals surface area (Å²) in [6.07, 6.45) is -3.37. The molecule has 31 heteroatoms. The normalized spacial score (nSPS) is 15.3. The van der Waals surface area contributed by atoms with Gasteiger partial charge in [0.2, 0.25) is 65.0 Å². The third-order valence-electron chi connectivity index (χ3n) is 9.86. The van der Waals surface area contributed by atoms with Gasteiger partial charge in [0.05, 0.1) is 37.9 Å². The van der Waals surface area contributed by atoms with Gasteiger partial charge < -0.3 is 90.9 Å². The lowest BCUT2D eigenvalue weighted by Gasteiger charge is -2.28. The summed E-state index contributed by atoms with van der Waals surface area (Å²) in [7, 11) is 0. The summed E-state index contributed by atoms with van der Waals surface area (Å²) in [5.41, 5.74) is 22.1. The Morgan fingerprint density at radius 1 is 0.571 bits per heavy atom. The zero-order valence-electron chi connectivity index (χ0n) is 38.5. The smallest absolute Gasteiger partial charge is 0.326 e. The number of carbonyl (C=O) groups is 13. The summed E-state index contributed by atoms with van der Waals surface area (Å²) < 4.78 is 0. The highest BCUT2D eigenvalue weighted by Crippen LogP contribution is 2.08. The number of amides is 11. The monoisotopic (exact) mass is 998 g/mol. The SMILES string of the molecule is CC(C)[C@H](NC(=O)[C@H](CCC(N)=O)NC(=O)[C@H](CCC(=O)O)NC(=O)[C@@H](NC(=O)[C@H](CO)NC(=O)[C@H](CC(N)=O)NC(=O)[C@H](CC(N)=O)NC(=O)[C@H](C)NC(=O)[C@@H](N)Cc1cnc[nH]1)[C@@H](C)O)C(=O)O. The van der Waals surface area contributed by atoms with Gasteiger partial charge in [-0.3, -0.25) is 57.5 Å². The lowest BCUT2D eigenvalue weighted by molar-refractivity contribution is -0.143. The summed E-state index contributed by atoms with van der Waals surface area (Å²) in [4.78, 5) is 171. The van der Waals surface area contributed by atoms with E-state index in [2.05, 4.69) is 41.9 Å². The van der Waals surface area contributed by atoms with Gasteiger partial charge in [-0.05, 0) is 32.6 Å². The van der Waals surface area contributed by atoms with E-state index in [1.165, 1.54) is 33.3 Å². The second-order valence-corrected chi connectivity index (χ2v) is 16.2. The highest BCUT2D eigenvalue weighted by Gasteiger charge is 2.37. The lowest BCUT2D eigenvalue weighted by atomic mass is 10.0. The molecule has 0 fully saturated rings. The molecule has 0 bridgehead atoms. The van der Waals surface area contributed by atoms with Crippen molar-refractivity contribution >= 4 is 76.9 Å². The van der Waals surface area contributed by atoms with Crippen LogP contribution in [0.5, 0.6) is 0 Å². The molecule has 0 saturated heterocycles. The van der Waals surface area contributed by atoms with Crippen LogP contribution in [0.2, 0.25) is 0 Å². The van der Waals surface area contributed by atoms with Gasteiger partial charge in [0.15, 0.2) is 0 Å². The molecule has 0 aromatic carbocycles. The number of H-pyrrole nitrogens is 1. The van der Waals surface area contributed by atoms with Crippen molar-refractivity contribution < 1.29 is 82.8 Å². The maximum atomic E-state index is 13.5. The van der Waals surface area contributed by atoms with Gasteiger partial charge in [-0.25, -0.2) is 9.78 Å². The molecule has 1 rings (SSSR count). The first kappa shape index (κ1) is 60.2. The van der Waals surface area contributed by atoms with E-state index in [0.717, 1.165) is 6.92 Å². The predicted octanol–water partition coefficient (Wildman–Crippen LogP) is -8.83. The van der Waals surface area contributed by atoms with E-state index < -0.39 is 188 Å². The summed E-state index contributed by atoms with van der Waals surface area (Å²) in [6.45, 7) is 3.87. The van der Waals surface area contributed by atoms with Gasteiger partial charge >= 0.3 is 11.9 Å². The first-order valence-electron chi connectivity index (χ1n) is 21.3. The largest absolute Gasteiger partial charge is 0.481 e. The fourth-order valence-electron chi connectivity index (χ4n) is 6.02. The van der Waals surface area contributed by atoms with Crippen LogP contribution in [0.4, 0.5) is 0 Å². The first-order chi connectivity index (χ1) is 32.6. The quantitative estimate of drug-likeness (QED) is 0.0319. The number of carboxylic acid groups (broad SMARTS) is 2. The fourth-order valence-corrected chi connectivity index (χ4v) is 6.02. The second-order valence-electron chi connectivity index (χ2n) is 16.2. The fraction of sp³-hybridized carbons (Fsp3) is 0.590. The number of aromatic amines is 1. The average Bonchev–Trinajstić information content (AvgIpc) is 3.77. The maximum Gasteiger partial charge on any atom is 0.326 e. The molecule has 0 radical (unpaired) electrons. The lowest BCUT2D eigenvalue weighted by Crippen LogP contribution is -2.62. The number of aliphatic carboxylic acids is 2. The molecular weight excluding hydrogens is 937 g/mol. The second kappa shape index (κ2) is 29.2. The number of hydrogen-bond donors (Lipinski definition) is 17. The molecule has 1 heterocycles. The van der Waals surface area contributed by atoms with Crippen LogP contribution in [-0.2, 0) is 68.7 Å². The van der Waals surface area contributed by atoms with Crippen molar-refractivity contribution in [2.75, 3.05) is 6.61 Å². The number of nitrogens with one attached hydrogen (secondary N) is 9. The van der Waals surface area contributed by atoms with Crippen molar-refractivity contribution in [1.29, 1.82) is 0 Å². The van der Waals surface area contributed by atoms with Gasteiger partial charge in [-0.15, -0.1) is 0 Å². The van der Waals surface area contributed by atoms with Crippen molar-refractivity contribution in [2.24, 2.45) is 28.9 Å². The van der Waals surface area contributed by atoms with Crippen molar-refractivity contribution in [3.05, 3.63) is 18.2 Å². The van der Waals surface area contributed by atoms with Crippen molar-refractivity contribution in [1.82, 2.24) is 52.5 Å². The molecule has 1 aromatic rings. The van der Waals surface area contributed by atoms with E-state index in [1.807, 2.05) is 10.6 Å². The standard InChI is InChI=1S/C39H62N14O17/c1-15(2)29(39(69)70)52-34(64)20(5-7-25(41)56)47-33(63)21(6-8-28(59)60)48-38(68)30(17(4)55)53-37(67)24(13-54)51-36(66)23(11-27(43)58)50-35(65)22(10-26(42)57)49-31(61)16(3)46-32(62)19(40)9-18-12-44-14-45-18/h12,14-17,19-24,29-30,54-55H,5-11,13,40H2,1-4H3,(H2,41,56)(H2,42,57)(H2,43,58)(H,44,45)(H,46,62)(H,47,63)(H,48,68)(H,49,61)(H,50,65)(H,51,66)(H,52,64)(H,53,67)(H,59,60)(H,69,70)/t16-,17+,19-,20-,21-,22-,23-,24-,29-,30-/m0/s1. The van der Waals surface area contributed by atoms with E-state index in [0.29, 0.717) is 5.69 Å². The van der Waals surface area contributed by atoms with E-state index in [-0.39, 0.29) is 6.42 Å². The molecule has 70 heavy (non-hydrogen) atoms. The number of rotatable bonds is 32. The van der Waals surface area contributed by atoms with Crippen molar-refractivity contribution in [3.63, 3.8) is 0 Å². The van der Waals surface area contributed by atoms with Crippen LogP contribution in [-0.4, -0.2) is 174 Å². The number of carboxylic acids is 2. The summed E-state index contributed by atoms with van der Waals surface area (Å²) >= 11 is 0. The number of aromatic nitrogens is 2. The van der Waals surface area contributed by atoms with E-state index in [4.69, 9.17) is 22.9 Å². The number of hydrogen-bond acceptors (Lipinski definition) is 17. The van der Waals surface area contributed by atoms with Crippen LogP contribution in [0.25, 0.3) is 0 Å². The molecule has 0 aliphatic carbocycles. The van der Waals surface area contributed by atoms with Gasteiger partial charge in [-0.2, -0.15) is 0 Å². The van der Waals surface area contributed by atoms with Crippen LogP contribution in [0.15, 0.2) is 12.5 Å². The molecule has 31 nitrogen and oxygen atoms in total. The predicted molar refractivity (Wildman–Crippen MR) is 236 cm³/mol. The molecule has 1 aromatic heterocycles. The van der Waals surface area contributed by atoms with E-state index in [1.54, 1.807) is 0 Å². The minimum Gasteiger partial charge on any atom is -0.481 e. The van der Waals surface area contributed by atoms with Gasteiger partial charge in [0.1, 0.15) is 48.3 Å². The summed E-state index contributed by atoms with van der Waals surface area (Å²) in [5.74, 6) is -16.4. The Balaban J connectivity index is 3.26. The van der Waals surface area contributed by atoms with E-state index in [9.17, 15) is 82.8 Å². The molecule has 10 atom stereocenters. The number of primary amides is 3. The summed E-state index contributed by atoms with van der Waals surface area (Å²) in [6, 6.07) is -15.4. The maximum absolute atomic E-state index is 13.5. The molecule has 0 saturated carbocycles. The average molecular weight is 999 g/mol. The molecule has 11 amide bonds. The molecular formula is C39H62N14O17. The van der Waals surface area contributed by atoms with E-state index >= 15 is 0 Å². The van der Waals surface area contributed by atoms with Crippen molar-refractivity contribution in [3.8, 4) is 0 Å². The van der Waals surface area contributed by atoms with Crippen LogP contribution < -0.4 is 65.5 Å². The van der Waals surface area contributed by atoms with Crippen LogP contribution >= 0.6 is 0 Å². The zero-order chi connectivity index (χ0) is 53.6. The Hall–Kier alpha value is -7.80. The minimum absolute atomic E-state index is 0.00842. The molecule has 21 N–H and O–H groups in total. The van der Waals surface area contributed by atoms with Crippen LogP contribution in [0.3, 0.4) is 0 Å². The highest BCUT2D eigenvalue weighted by atomic mass is 16.4. The number of nitrogens with zero attached hydrogens (tertiary/aromatic N) is 1. The first-order valence-corrected chi connectivity index (χ1v) is 21.3. The third kappa shape index (κ3) is 21.4. The Labute approximate surface area is 398 Å².